The van der Waals surface area contributed by atoms with E-state index in [1.54, 1.807) is 6.08 Å². The lowest BCUT2D eigenvalue weighted by molar-refractivity contribution is 0.602. The molecule has 0 aliphatic carbocycles. The molecule has 1 aliphatic heterocycles. The summed E-state index contributed by atoms with van der Waals surface area (Å²) >= 11 is 5.05. The second-order valence-electron chi connectivity index (χ2n) is 3.69. The Morgan fingerprint density at radius 3 is 2.80 bits per heavy atom. The number of hydrogen-bond donors (Lipinski definition) is 2. The molecule has 0 radical (unpaired) electrons. The average Bonchev–Trinajstić information content (AvgIpc) is 2.44. The van der Waals surface area contributed by atoms with Crippen molar-refractivity contribution in [2.24, 2.45) is 0 Å². The van der Waals surface area contributed by atoms with Gasteiger partial charge in [-0.05, 0) is 31.6 Å². The summed E-state index contributed by atoms with van der Waals surface area (Å²) < 4.78 is 22.3. The molecule has 1 rings (SSSR count). The van der Waals surface area contributed by atoms with E-state index in [9.17, 15) is 8.42 Å². The van der Waals surface area contributed by atoms with E-state index in [1.165, 1.54) is 0 Å². The van der Waals surface area contributed by atoms with Crippen LogP contribution in [0.15, 0.2) is 11.8 Å². The zero-order valence-electron chi connectivity index (χ0n) is 8.91. The molecule has 6 heteroatoms. The Labute approximate surface area is 96.0 Å². The second-order valence-corrected chi connectivity index (χ2v) is 6.21. The van der Waals surface area contributed by atoms with E-state index in [0.29, 0.717) is 16.9 Å². The maximum absolute atomic E-state index is 11.1. The third-order valence-electron chi connectivity index (χ3n) is 2.22. The van der Waals surface area contributed by atoms with Gasteiger partial charge < -0.3 is 10.6 Å². The number of hydrogen-bond acceptors (Lipinski definition) is 3. The van der Waals surface area contributed by atoms with Crippen LogP contribution in [0.1, 0.15) is 20.3 Å². The SMILES string of the molecule is CCC(C)NC(=S)NC1=CCS(=O)(=O)C1. The fourth-order valence-electron chi connectivity index (χ4n) is 1.18. The summed E-state index contributed by atoms with van der Waals surface area (Å²) in [6.07, 6.45) is 2.64. The van der Waals surface area contributed by atoms with Gasteiger partial charge in [-0.3, -0.25) is 0 Å². The summed E-state index contributed by atoms with van der Waals surface area (Å²) in [6.45, 7) is 4.08. The molecule has 0 spiro atoms. The van der Waals surface area contributed by atoms with Crippen LogP contribution < -0.4 is 10.6 Å². The van der Waals surface area contributed by atoms with Gasteiger partial charge in [0, 0.05) is 11.7 Å². The van der Waals surface area contributed by atoms with Gasteiger partial charge in [-0.2, -0.15) is 0 Å². The van der Waals surface area contributed by atoms with Gasteiger partial charge in [0.2, 0.25) is 0 Å². The summed E-state index contributed by atoms with van der Waals surface area (Å²) in [5, 5.41) is 6.46. The Balaban J connectivity index is 2.41. The molecule has 86 valence electrons. The van der Waals surface area contributed by atoms with Crippen molar-refractivity contribution in [2.75, 3.05) is 11.5 Å². The highest BCUT2D eigenvalue weighted by atomic mass is 32.2. The molecule has 0 aromatic rings. The smallest absolute Gasteiger partial charge is 0.170 e. The topological polar surface area (TPSA) is 58.2 Å². The van der Waals surface area contributed by atoms with Crippen LogP contribution in [0.4, 0.5) is 0 Å². The third-order valence-corrected chi connectivity index (χ3v) is 3.87. The van der Waals surface area contributed by atoms with Gasteiger partial charge in [0.25, 0.3) is 0 Å². The monoisotopic (exact) mass is 248 g/mol. The number of thiocarbonyl (C=S) groups is 1. The summed E-state index contributed by atoms with van der Waals surface area (Å²) in [7, 11) is -2.92. The number of sulfone groups is 1. The van der Waals surface area contributed by atoms with Crippen molar-refractivity contribution in [3.05, 3.63) is 11.8 Å². The van der Waals surface area contributed by atoms with Crippen molar-refractivity contribution < 1.29 is 8.42 Å². The van der Waals surface area contributed by atoms with Gasteiger partial charge in [0.05, 0.1) is 11.5 Å². The van der Waals surface area contributed by atoms with Gasteiger partial charge in [0.1, 0.15) is 0 Å². The molecular formula is C9H16N2O2S2. The van der Waals surface area contributed by atoms with Crippen LogP contribution in [0.3, 0.4) is 0 Å². The minimum atomic E-state index is -2.92. The molecule has 0 fully saturated rings. The van der Waals surface area contributed by atoms with Crippen LogP contribution in [-0.2, 0) is 9.84 Å². The Bertz CT molecular complexity index is 374. The third kappa shape index (κ3) is 4.17. The largest absolute Gasteiger partial charge is 0.360 e. The highest BCUT2D eigenvalue weighted by Crippen LogP contribution is 2.08. The van der Waals surface area contributed by atoms with Crippen molar-refractivity contribution >= 4 is 27.2 Å². The Hall–Kier alpha value is -0.620. The first-order valence-electron chi connectivity index (χ1n) is 4.90. The first kappa shape index (κ1) is 12.4. The summed E-state index contributed by atoms with van der Waals surface area (Å²) in [4.78, 5) is 0. The van der Waals surface area contributed by atoms with Gasteiger partial charge in [-0.25, -0.2) is 8.42 Å². The van der Waals surface area contributed by atoms with Crippen molar-refractivity contribution in [2.45, 2.75) is 26.3 Å². The fraction of sp³-hybridized carbons (Fsp3) is 0.667. The normalized spacial score (nSPS) is 20.5. The lowest BCUT2D eigenvalue weighted by Crippen LogP contribution is -2.40. The van der Waals surface area contributed by atoms with Crippen LogP contribution >= 0.6 is 12.2 Å². The van der Waals surface area contributed by atoms with Crippen molar-refractivity contribution in [3.8, 4) is 0 Å². The molecule has 0 aromatic heterocycles. The van der Waals surface area contributed by atoms with Crippen LogP contribution in [0, 0.1) is 0 Å². The molecule has 0 aromatic carbocycles. The Morgan fingerprint density at radius 1 is 1.67 bits per heavy atom. The van der Waals surface area contributed by atoms with Gasteiger partial charge in [-0.1, -0.05) is 6.92 Å². The minimum Gasteiger partial charge on any atom is -0.360 e. The predicted octanol–water partition coefficient (Wildman–Crippen LogP) is 0.561. The van der Waals surface area contributed by atoms with Crippen molar-refractivity contribution in [1.82, 2.24) is 10.6 Å². The lowest BCUT2D eigenvalue weighted by Gasteiger charge is -2.15. The van der Waals surface area contributed by atoms with Crippen molar-refractivity contribution in [3.63, 3.8) is 0 Å². The molecule has 0 saturated heterocycles. The molecule has 1 atom stereocenters. The summed E-state index contributed by atoms with van der Waals surface area (Å²) in [5.74, 6) is 0.177. The first-order chi connectivity index (χ1) is 6.93. The summed E-state index contributed by atoms with van der Waals surface area (Å²) in [6, 6.07) is 0.295. The molecule has 2 N–H and O–H groups in total. The molecule has 0 saturated carbocycles. The maximum Gasteiger partial charge on any atom is 0.170 e. The zero-order chi connectivity index (χ0) is 11.5. The molecule has 4 nitrogen and oxygen atoms in total. The van der Waals surface area contributed by atoms with E-state index in [-0.39, 0.29) is 11.5 Å². The van der Waals surface area contributed by atoms with Crippen LogP contribution in [-0.4, -0.2) is 31.1 Å². The Morgan fingerprint density at radius 2 is 2.33 bits per heavy atom. The van der Waals surface area contributed by atoms with E-state index < -0.39 is 9.84 Å². The van der Waals surface area contributed by atoms with Crippen molar-refractivity contribution in [1.29, 1.82) is 0 Å². The van der Waals surface area contributed by atoms with Crippen LogP contribution in [0.5, 0.6) is 0 Å². The molecule has 1 aliphatic rings. The molecule has 1 heterocycles. The zero-order valence-corrected chi connectivity index (χ0v) is 10.5. The molecule has 15 heavy (non-hydrogen) atoms. The minimum absolute atomic E-state index is 0.0648. The number of rotatable bonds is 3. The van der Waals surface area contributed by atoms with Gasteiger partial charge >= 0.3 is 0 Å². The lowest BCUT2D eigenvalue weighted by atomic mass is 10.3. The molecule has 0 bridgehead atoms. The maximum atomic E-state index is 11.1. The number of nitrogens with one attached hydrogen (secondary N) is 2. The van der Waals surface area contributed by atoms with Gasteiger partial charge in [-0.15, -0.1) is 0 Å². The van der Waals surface area contributed by atoms with Crippen LogP contribution in [0.25, 0.3) is 0 Å². The predicted molar refractivity (Wildman–Crippen MR) is 65.4 cm³/mol. The summed E-state index contributed by atoms with van der Waals surface area (Å²) in [5.41, 5.74) is 0.677. The van der Waals surface area contributed by atoms with Crippen LogP contribution in [0.2, 0.25) is 0 Å². The molecule has 0 amide bonds. The quantitative estimate of drug-likeness (QED) is 0.715. The second kappa shape index (κ2) is 4.94. The fourth-order valence-corrected chi connectivity index (χ4v) is 2.75. The van der Waals surface area contributed by atoms with E-state index in [4.69, 9.17) is 12.2 Å². The van der Waals surface area contributed by atoms with Gasteiger partial charge in [0.15, 0.2) is 14.9 Å². The molecule has 1 unspecified atom stereocenters. The average molecular weight is 248 g/mol. The van der Waals surface area contributed by atoms with E-state index in [1.807, 2.05) is 6.92 Å². The van der Waals surface area contributed by atoms with E-state index in [0.717, 1.165) is 6.42 Å². The first-order valence-corrected chi connectivity index (χ1v) is 7.13. The van der Waals surface area contributed by atoms with E-state index in [2.05, 4.69) is 17.6 Å². The molecular weight excluding hydrogens is 232 g/mol. The standard InChI is InChI=1S/C9H16N2O2S2/c1-3-7(2)10-9(14)11-8-4-5-15(12,13)6-8/h4,7H,3,5-6H2,1-2H3,(H2,10,11,14). The highest BCUT2D eigenvalue weighted by molar-refractivity contribution is 7.92. The highest BCUT2D eigenvalue weighted by Gasteiger charge is 2.20. The Kier molecular flexibility index (Phi) is 4.10. The van der Waals surface area contributed by atoms with E-state index >= 15 is 0 Å².